The zero-order valence-electron chi connectivity index (χ0n) is 12.2. The molecule has 21 heavy (non-hydrogen) atoms. The number of hydrogen-bond acceptors (Lipinski definition) is 5. The Morgan fingerprint density at radius 1 is 1.38 bits per heavy atom. The van der Waals surface area contributed by atoms with E-state index in [0.29, 0.717) is 24.3 Å². The molecule has 1 N–H and O–H groups in total. The van der Waals surface area contributed by atoms with Crippen LogP contribution in [-0.4, -0.2) is 55.3 Å². The Morgan fingerprint density at radius 3 is 2.95 bits per heavy atom. The maximum atomic E-state index is 12.6. The van der Waals surface area contributed by atoms with Crippen molar-refractivity contribution in [2.45, 2.75) is 19.8 Å². The van der Waals surface area contributed by atoms with Gasteiger partial charge in [-0.15, -0.1) is 0 Å². The average molecular weight is 311 g/mol. The fourth-order valence-electron chi connectivity index (χ4n) is 2.27. The van der Waals surface area contributed by atoms with E-state index in [4.69, 9.17) is 0 Å². The van der Waals surface area contributed by atoms with Crippen LogP contribution in [0.25, 0.3) is 0 Å². The van der Waals surface area contributed by atoms with Crippen LogP contribution >= 0.6 is 0 Å². The fraction of sp³-hybridized carbons (Fsp3) is 0.571. The monoisotopic (exact) mass is 311 g/mol. The Balaban J connectivity index is 2.16. The van der Waals surface area contributed by atoms with E-state index >= 15 is 0 Å². The zero-order valence-corrected chi connectivity index (χ0v) is 13.0. The summed E-state index contributed by atoms with van der Waals surface area (Å²) in [5.41, 5.74) is 0.505. The molecule has 1 amide bonds. The molecule has 1 aromatic rings. The van der Waals surface area contributed by atoms with Crippen LogP contribution in [0.1, 0.15) is 30.1 Å². The lowest BCUT2D eigenvalue weighted by molar-refractivity contribution is 0.0769. The van der Waals surface area contributed by atoms with E-state index in [0.717, 1.165) is 13.0 Å². The number of hydrogen-bond donors (Lipinski definition) is 1. The molecule has 1 aliphatic heterocycles. The SMILES string of the molecule is CCCNc1ncccc1C(=O)N1CCCS(=O)(=O)CC1. The molecule has 6 nitrogen and oxygen atoms in total. The van der Waals surface area contributed by atoms with Crippen molar-refractivity contribution in [3.8, 4) is 0 Å². The molecule has 0 spiro atoms. The Morgan fingerprint density at radius 2 is 2.19 bits per heavy atom. The van der Waals surface area contributed by atoms with Gasteiger partial charge in [-0.3, -0.25) is 4.79 Å². The Bertz CT molecular complexity index is 601. The standard InChI is InChI=1S/C14H21N3O3S/c1-2-6-15-13-12(5-3-7-16-13)14(18)17-8-4-10-21(19,20)11-9-17/h3,5,7H,2,4,6,8-11H2,1H3,(H,15,16). The molecule has 0 aromatic carbocycles. The summed E-state index contributed by atoms with van der Waals surface area (Å²) in [7, 11) is -3.02. The second kappa shape index (κ2) is 6.89. The molecule has 116 valence electrons. The van der Waals surface area contributed by atoms with Gasteiger partial charge < -0.3 is 10.2 Å². The molecule has 0 saturated carbocycles. The van der Waals surface area contributed by atoms with Gasteiger partial charge in [0, 0.05) is 25.8 Å². The summed E-state index contributed by atoms with van der Waals surface area (Å²) in [4.78, 5) is 18.4. The molecule has 7 heteroatoms. The lowest BCUT2D eigenvalue weighted by Gasteiger charge is -2.21. The number of rotatable bonds is 4. The second-order valence-corrected chi connectivity index (χ2v) is 7.43. The Hall–Kier alpha value is -1.63. The molecule has 2 heterocycles. The van der Waals surface area contributed by atoms with Crippen LogP contribution in [0.3, 0.4) is 0 Å². The molecule has 0 aliphatic carbocycles. The Kier molecular flexibility index (Phi) is 5.17. The number of sulfone groups is 1. The van der Waals surface area contributed by atoms with E-state index in [1.807, 2.05) is 6.92 Å². The van der Waals surface area contributed by atoms with Gasteiger partial charge in [0.05, 0.1) is 17.1 Å². The maximum Gasteiger partial charge on any atom is 0.257 e. The number of carbonyl (C=O) groups is 1. The van der Waals surface area contributed by atoms with Gasteiger partial charge in [0.25, 0.3) is 5.91 Å². The van der Waals surface area contributed by atoms with Crippen molar-refractivity contribution in [3.63, 3.8) is 0 Å². The summed E-state index contributed by atoms with van der Waals surface area (Å²) in [5, 5.41) is 3.14. The third-order valence-corrected chi connectivity index (χ3v) is 5.14. The molecule has 1 aromatic heterocycles. The van der Waals surface area contributed by atoms with Gasteiger partial charge in [0.2, 0.25) is 0 Å². The summed E-state index contributed by atoms with van der Waals surface area (Å²) in [6, 6.07) is 3.45. The van der Waals surface area contributed by atoms with Crippen molar-refractivity contribution < 1.29 is 13.2 Å². The molecule has 1 fully saturated rings. The lowest BCUT2D eigenvalue weighted by Crippen LogP contribution is -2.34. The van der Waals surface area contributed by atoms with Crippen LogP contribution in [0.4, 0.5) is 5.82 Å². The first-order valence-corrected chi connectivity index (χ1v) is 9.04. The smallest absolute Gasteiger partial charge is 0.257 e. The highest BCUT2D eigenvalue weighted by Crippen LogP contribution is 2.16. The molecule has 0 radical (unpaired) electrons. The molecule has 2 rings (SSSR count). The van der Waals surface area contributed by atoms with Crippen molar-refractivity contribution in [1.29, 1.82) is 0 Å². The lowest BCUT2D eigenvalue weighted by atomic mass is 10.2. The van der Waals surface area contributed by atoms with E-state index in [1.54, 1.807) is 23.2 Å². The molecule has 1 aliphatic rings. The van der Waals surface area contributed by atoms with E-state index in [2.05, 4.69) is 10.3 Å². The number of aromatic nitrogens is 1. The van der Waals surface area contributed by atoms with Gasteiger partial charge >= 0.3 is 0 Å². The largest absolute Gasteiger partial charge is 0.369 e. The minimum atomic E-state index is -3.02. The normalized spacial score (nSPS) is 18.0. The molecular formula is C14H21N3O3S. The topological polar surface area (TPSA) is 79.4 Å². The van der Waals surface area contributed by atoms with E-state index in [1.165, 1.54) is 0 Å². The third-order valence-electron chi connectivity index (χ3n) is 3.42. The predicted molar refractivity (Wildman–Crippen MR) is 82.2 cm³/mol. The van der Waals surface area contributed by atoms with Crippen molar-refractivity contribution in [1.82, 2.24) is 9.88 Å². The highest BCUT2D eigenvalue weighted by Gasteiger charge is 2.24. The summed E-state index contributed by atoms with van der Waals surface area (Å²) >= 11 is 0. The van der Waals surface area contributed by atoms with E-state index in [9.17, 15) is 13.2 Å². The van der Waals surface area contributed by atoms with Crippen LogP contribution in [0.5, 0.6) is 0 Å². The highest BCUT2D eigenvalue weighted by molar-refractivity contribution is 7.91. The first-order chi connectivity index (χ1) is 10.0. The first kappa shape index (κ1) is 15.8. The van der Waals surface area contributed by atoms with E-state index in [-0.39, 0.29) is 24.0 Å². The van der Waals surface area contributed by atoms with Gasteiger partial charge in [-0.25, -0.2) is 13.4 Å². The molecule has 1 saturated heterocycles. The molecule has 0 atom stereocenters. The van der Waals surface area contributed by atoms with Gasteiger partial charge in [-0.2, -0.15) is 0 Å². The summed E-state index contributed by atoms with van der Waals surface area (Å²) in [5.74, 6) is 0.608. The number of carbonyl (C=O) groups excluding carboxylic acids is 1. The van der Waals surface area contributed by atoms with E-state index < -0.39 is 9.84 Å². The summed E-state index contributed by atoms with van der Waals surface area (Å²) in [6.45, 7) is 3.51. The van der Waals surface area contributed by atoms with Crippen LogP contribution < -0.4 is 5.32 Å². The number of amides is 1. The van der Waals surface area contributed by atoms with Crippen LogP contribution in [0.15, 0.2) is 18.3 Å². The molecular weight excluding hydrogens is 290 g/mol. The van der Waals surface area contributed by atoms with Crippen molar-refractivity contribution in [2.24, 2.45) is 0 Å². The van der Waals surface area contributed by atoms with Gasteiger partial charge in [-0.05, 0) is 25.0 Å². The molecule has 0 unspecified atom stereocenters. The minimum Gasteiger partial charge on any atom is -0.369 e. The number of anilines is 1. The highest BCUT2D eigenvalue weighted by atomic mass is 32.2. The minimum absolute atomic E-state index is 0.0384. The summed E-state index contributed by atoms with van der Waals surface area (Å²) in [6.07, 6.45) is 3.07. The third kappa shape index (κ3) is 4.17. The predicted octanol–water partition coefficient (Wildman–Crippen LogP) is 1.16. The van der Waals surface area contributed by atoms with Gasteiger partial charge in [0.15, 0.2) is 9.84 Å². The van der Waals surface area contributed by atoms with Crippen molar-refractivity contribution in [3.05, 3.63) is 23.9 Å². The number of nitrogens with zero attached hydrogens (tertiary/aromatic N) is 2. The van der Waals surface area contributed by atoms with Crippen LogP contribution in [-0.2, 0) is 9.84 Å². The number of nitrogens with one attached hydrogen (secondary N) is 1. The van der Waals surface area contributed by atoms with Gasteiger partial charge in [-0.1, -0.05) is 6.92 Å². The fourth-order valence-corrected chi connectivity index (χ4v) is 3.55. The molecule has 0 bridgehead atoms. The number of pyridine rings is 1. The zero-order chi connectivity index (χ0) is 15.3. The Labute approximate surface area is 125 Å². The van der Waals surface area contributed by atoms with Crippen LogP contribution in [0.2, 0.25) is 0 Å². The first-order valence-electron chi connectivity index (χ1n) is 7.22. The van der Waals surface area contributed by atoms with Gasteiger partial charge in [0.1, 0.15) is 5.82 Å². The summed E-state index contributed by atoms with van der Waals surface area (Å²) < 4.78 is 23.2. The van der Waals surface area contributed by atoms with Crippen LogP contribution in [0, 0.1) is 0 Å². The quantitative estimate of drug-likeness (QED) is 0.903. The van der Waals surface area contributed by atoms with Crippen molar-refractivity contribution >= 4 is 21.6 Å². The van der Waals surface area contributed by atoms with Crippen molar-refractivity contribution in [2.75, 3.05) is 36.5 Å². The second-order valence-electron chi connectivity index (χ2n) is 5.12. The maximum absolute atomic E-state index is 12.6. The average Bonchev–Trinajstić information content (AvgIpc) is 2.65.